The van der Waals surface area contributed by atoms with Crippen LogP contribution in [0, 0.1) is 18.6 Å². The lowest BCUT2D eigenvalue weighted by Crippen LogP contribution is -2.20. The van der Waals surface area contributed by atoms with Crippen molar-refractivity contribution < 1.29 is 8.78 Å². The summed E-state index contributed by atoms with van der Waals surface area (Å²) in [7, 11) is 0. The molecule has 3 heteroatoms. The molecule has 0 spiro atoms. The molecular weight excluding hydrogens is 196 g/mol. The Morgan fingerprint density at radius 2 is 2.00 bits per heavy atom. The minimum absolute atomic E-state index is 0.353. The molecule has 0 amide bonds. The summed E-state index contributed by atoms with van der Waals surface area (Å²) in [5, 5.41) is 3.14. The monoisotopic (exact) mass is 209 g/mol. The quantitative estimate of drug-likeness (QED) is 0.749. The van der Waals surface area contributed by atoms with E-state index < -0.39 is 11.6 Å². The third kappa shape index (κ3) is 1.92. The number of aryl methyl sites for hydroxylation is 1. The molecule has 1 nitrogen and oxygen atoms in total. The average molecular weight is 209 g/mol. The van der Waals surface area contributed by atoms with Crippen molar-refractivity contribution in [3.8, 4) is 0 Å². The molecule has 1 aromatic rings. The lowest BCUT2D eigenvalue weighted by Gasteiger charge is -2.15. The normalized spacial score (nSPS) is 16.3. The molecule has 0 aromatic heterocycles. The van der Waals surface area contributed by atoms with Crippen molar-refractivity contribution in [3.63, 3.8) is 0 Å². The maximum atomic E-state index is 13.6. The Kier molecular flexibility index (Phi) is 2.82. The van der Waals surface area contributed by atoms with Crippen LogP contribution in [0.1, 0.15) is 17.5 Å². The van der Waals surface area contributed by atoms with E-state index in [0.29, 0.717) is 11.1 Å². The highest BCUT2D eigenvalue weighted by atomic mass is 19.2. The highest BCUT2D eigenvalue weighted by Gasteiger charge is 2.15. The molecule has 1 heterocycles. The summed E-state index contributed by atoms with van der Waals surface area (Å²) in [6.45, 7) is 3.12. The standard InChI is InChI=1S/C12H13F2N/c1-8-2-3-10(12(14)11(8)13)9-4-6-15-7-5-9/h2-4,15H,5-7H2,1H3. The van der Waals surface area contributed by atoms with E-state index in [1.165, 1.54) is 0 Å². The van der Waals surface area contributed by atoms with Gasteiger partial charge in [0.25, 0.3) is 0 Å². The first-order valence-corrected chi connectivity index (χ1v) is 5.05. The van der Waals surface area contributed by atoms with Gasteiger partial charge in [-0.15, -0.1) is 0 Å². The van der Waals surface area contributed by atoms with Crippen molar-refractivity contribution >= 4 is 5.57 Å². The molecule has 2 rings (SSSR count). The predicted octanol–water partition coefficient (Wildman–Crippen LogP) is 2.65. The van der Waals surface area contributed by atoms with Gasteiger partial charge in [0, 0.05) is 12.1 Å². The molecule has 1 aliphatic heterocycles. The molecule has 0 fully saturated rings. The predicted molar refractivity (Wildman–Crippen MR) is 56.6 cm³/mol. The van der Waals surface area contributed by atoms with Gasteiger partial charge in [0.05, 0.1) is 0 Å². The van der Waals surface area contributed by atoms with Gasteiger partial charge in [-0.05, 0) is 31.0 Å². The fraction of sp³-hybridized carbons (Fsp3) is 0.333. The molecule has 1 aliphatic rings. The second-order valence-corrected chi connectivity index (χ2v) is 3.74. The maximum Gasteiger partial charge on any atom is 0.166 e. The van der Waals surface area contributed by atoms with E-state index in [2.05, 4.69) is 5.32 Å². The van der Waals surface area contributed by atoms with Crippen LogP contribution in [0.25, 0.3) is 5.57 Å². The van der Waals surface area contributed by atoms with Gasteiger partial charge in [0.15, 0.2) is 11.6 Å². The van der Waals surface area contributed by atoms with Crippen LogP contribution in [-0.4, -0.2) is 13.1 Å². The van der Waals surface area contributed by atoms with Crippen LogP contribution < -0.4 is 5.32 Å². The Balaban J connectivity index is 2.44. The van der Waals surface area contributed by atoms with Gasteiger partial charge in [0.1, 0.15) is 0 Å². The van der Waals surface area contributed by atoms with Crippen molar-refractivity contribution in [2.24, 2.45) is 0 Å². The van der Waals surface area contributed by atoms with E-state index in [1.54, 1.807) is 19.1 Å². The van der Waals surface area contributed by atoms with E-state index in [1.807, 2.05) is 6.08 Å². The van der Waals surface area contributed by atoms with Crippen LogP contribution in [-0.2, 0) is 0 Å². The van der Waals surface area contributed by atoms with Crippen molar-refractivity contribution in [2.75, 3.05) is 13.1 Å². The van der Waals surface area contributed by atoms with Crippen molar-refractivity contribution in [1.82, 2.24) is 5.32 Å². The zero-order valence-corrected chi connectivity index (χ0v) is 8.61. The number of rotatable bonds is 1. The summed E-state index contributed by atoms with van der Waals surface area (Å²) in [4.78, 5) is 0. The number of benzene rings is 1. The largest absolute Gasteiger partial charge is 0.313 e. The topological polar surface area (TPSA) is 12.0 Å². The first kappa shape index (κ1) is 10.3. The molecule has 0 radical (unpaired) electrons. The second kappa shape index (κ2) is 4.11. The van der Waals surface area contributed by atoms with Gasteiger partial charge in [-0.2, -0.15) is 0 Å². The summed E-state index contributed by atoms with van der Waals surface area (Å²) in [5.41, 5.74) is 1.65. The van der Waals surface area contributed by atoms with E-state index in [9.17, 15) is 8.78 Å². The maximum absolute atomic E-state index is 13.6. The number of hydrogen-bond donors (Lipinski definition) is 1. The zero-order chi connectivity index (χ0) is 10.8. The van der Waals surface area contributed by atoms with E-state index >= 15 is 0 Å². The molecule has 80 valence electrons. The molecule has 0 bridgehead atoms. The lowest BCUT2D eigenvalue weighted by atomic mass is 9.98. The fourth-order valence-electron chi connectivity index (χ4n) is 1.76. The molecule has 1 N–H and O–H groups in total. The van der Waals surface area contributed by atoms with Gasteiger partial charge in [-0.3, -0.25) is 0 Å². The highest BCUT2D eigenvalue weighted by molar-refractivity contribution is 5.67. The Morgan fingerprint density at radius 3 is 2.67 bits per heavy atom. The van der Waals surface area contributed by atoms with Crippen LogP contribution in [0.2, 0.25) is 0 Å². The first-order chi connectivity index (χ1) is 7.20. The molecular formula is C12H13F2N. The third-order valence-corrected chi connectivity index (χ3v) is 2.69. The molecule has 1 aromatic carbocycles. The summed E-state index contributed by atoms with van der Waals surface area (Å²) in [6.07, 6.45) is 2.66. The zero-order valence-electron chi connectivity index (χ0n) is 8.61. The Labute approximate surface area is 87.8 Å². The average Bonchev–Trinajstić information content (AvgIpc) is 2.27. The first-order valence-electron chi connectivity index (χ1n) is 5.05. The smallest absolute Gasteiger partial charge is 0.166 e. The molecule has 0 saturated heterocycles. The second-order valence-electron chi connectivity index (χ2n) is 3.74. The Bertz CT molecular complexity index is 410. The summed E-state index contributed by atoms with van der Waals surface area (Å²) < 4.78 is 26.9. The van der Waals surface area contributed by atoms with Crippen molar-refractivity contribution in [2.45, 2.75) is 13.3 Å². The summed E-state index contributed by atoms with van der Waals surface area (Å²) in [5.74, 6) is -1.45. The fourth-order valence-corrected chi connectivity index (χ4v) is 1.76. The Morgan fingerprint density at radius 1 is 1.20 bits per heavy atom. The number of halogens is 2. The molecule has 15 heavy (non-hydrogen) atoms. The van der Waals surface area contributed by atoms with E-state index in [0.717, 1.165) is 25.1 Å². The van der Waals surface area contributed by atoms with Crippen LogP contribution in [0.4, 0.5) is 8.78 Å². The number of hydrogen-bond acceptors (Lipinski definition) is 1. The van der Waals surface area contributed by atoms with Crippen LogP contribution in [0.15, 0.2) is 18.2 Å². The van der Waals surface area contributed by atoms with Gasteiger partial charge < -0.3 is 5.32 Å². The van der Waals surface area contributed by atoms with E-state index in [-0.39, 0.29) is 0 Å². The van der Waals surface area contributed by atoms with Gasteiger partial charge in [-0.1, -0.05) is 18.2 Å². The number of nitrogens with one attached hydrogen (secondary N) is 1. The SMILES string of the molecule is Cc1ccc(C2=CCNCC2)c(F)c1F. The molecule has 0 atom stereocenters. The molecule has 0 saturated carbocycles. The molecule has 0 unspecified atom stereocenters. The van der Waals surface area contributed by atoms with Gasteiger partial charge >= 0.3 is 0 Å². The van der Waals surface area contributed by atoms with Crippen LogP contribution in [0.3, 0.4) is 0 Å². The van der Waals surface area contributed by atoms with Crippen LogP contribution in [0.5, 0.6) is 0 Å². The van der Waals surface area contributed by atoms with Crippen LogP contribution >= 0.6 is 0 Å². The summed E-state index contributed by atoms with van der Waals surface area (Å²) >= 11 is 0. The lowest BCUT2D eigenvalue weighted by molar-refractivity contribution is 0.500. The van der Waals surface area contributed by atoms with Crippen molar-refractivity contribution in [3.05, 3.63) is 41.0 Å². The van der Waals surface area contributed by atoms with Gasteiger partial charge in [0.2, 0.25) is 0 Å². The van der Waals surface area contributed by atoms with Gasteiger partial charge in [-0.25, -0.2) is 8.78 Å². The minimum Gasteiger partial charge on any atom is -0.313 e. The van der Waals surface area contributed by atoms with Crippen molar-refractivity contribution in [1.29, 1.82) is 0 Å². The minimum atomic E-state index is -0.730. The summed E-state index contributed by atoms with van der Waals surface area (Å²) in [6, 6.07) is 3.28. The highest BCUT2D eigenvalue weighted by Crippen LogP contribution is 2.25. The van der Waals surface area contributed by atoms with E-state index in [4.69, 9.17) is 0 Å². The Hall–Kier alpha value is -1.22. The molecule has 0 aliphatic carbocycles. The third-order valence-electron chi connectivity index (χ3n) is 2.69.